The first-order valence-corrected chi connectivity index (χ1v) is 8.42. The van der Waals surface area contributed by atoms with E-state index in [1.54, 1.807) is 41.2 Å². The maximum absolute atomic E-state index is 12.7. The van der Waals surface area contributed by atoms with Gasteiger partial charge in [-0.2, -0.15) is 5.10 Å². The minimum Gasteiger partial charge on any atom is -0.453 e. The summed E-state index contributed by atoms with van der Waals surface area (Å²) in [6, 6.07) is 1.78. The highest BCUT2D eigenvalue weighted by molar-refractivity contribution is 7.11. The molecule has 0 saturated heterocycles. The van der Waals surface area contributed by atoms with Crippen LogP contribution in [-0.2, 0) is 11.2 Å². The van der Waals surface area contributed by atoms with Crippen LogP contribution in [0, 0.1) is 13.8 Å². The summed E-state index contributed by atoms with van der Waals surface area (Å²) in [7, 11) is 0. The van der Waals surface area contributed by atoms with Crippen LogP contribution in [0.5, 0.6) is 0 Å². The molecule has 4 rings (SSSR count). The second-order valence-corrected chi connectivity index (χ2v) is 6.91. The molecule has 1 atom stereocenters. The Morgan fingerprint density at radius 1 is 1.43 bits per heavy atom. The fraction of sp³-hybridized carbons (Fsp3) is 0.375. The summed E-state index contributed by atoms with van der Waals surface area (Å²) in [5.41, 5.74) is 2.68. The van der Waals surface area contributed by atoms with E-state index >= 15 is 0 Å². The number of aromatic nitrogens is 4. The number of aryl methyl sites for hydroxylation is 3. The molecule has 3 aromatic rings. The molecule has 0 spiro atoms. The molecule has 0 bridgehead atoms. The lowest BCUT2D eigenvalue weighted by Gasteiger charge is -2.21. The summed E-state index contributed by atoms with van der Waals surface area (Å²) < 4.78 is 7.41. The smallest absolute Gasteiger partial charge is 0.344 e. The summed E-state index contributed by atoms with van der Waals surface area (Å²) >= 11 is 1.62. The third kappa shape index (κ3) is 2.41. The molecule has 1 aliphatic carbocycles. The Kier molecular flexibility index (Phi) is 3.37. The molecule has 118 valence electrons. The molecule has 3 aromatic heterocycles. The van der Waals surface area contributed by atoms with Crippen LogP contribution >= 0.6 is 11.3 Å². The Morgan fingerprint density at radius 2 is 2.30 bits per heavy atom. The van der Waals surface area contributed by atoms with E-state index in [1.807, 2.05) is 6.92 Å². The van der Waals surface area contributed by atoms with Gasteiger partial charge in [0, 0.05) is 12.4 Å². The molecule has 0 fully saturated rings. The number of hydrogen-bond donors (Lipinski definition) is 0. The van der Waals surface area contributed by atoms with Crippen molar-refractivity contribution in [1.82, 2.24) is 19.6 Å². The monoisotopic (exact) mass is 328 g/mol. The highest BCUT2D eigenvalue weighted by Crippen LogP contribution is 2.37. The first-order chi connectivity index (χ1) is 11.1. The van der Waals surface area contributed by atoms with E-state index in [-0.39, 0.29) is 12.1 Å². The minimum atomic E-state index is -0.361. The van der Waals surface area contributed by atoms with E-state index in [2.05, 4.69) is 15.1 Å². The Bertz CT molecular complexity index is 899. The number of carbonyl (C=O) groups is 1. The lowest BCUT2D eigenvalue weighted by Crippen LogP contribution is -2.16. The SMILES string of the molecule is Cc1nc2c(s1)[C@@H](OC(=O)c1c(C)nn3cccnc13)CCC2. The van der Waals surface area contributed by atoms with Crippen LogP contribution in [0.15, 0.2) is 18.5 Å². The van der Waals surface area contributed by atoms with Crippen molar-refractivity contribution in [1.29, 1.82) is 0 Å². The van der Waals surface area contributed by atoms with Crippen molar-refractivity contribution in [3.8, 4) is 0 Å². The number of carbonyl (C=O) groups excluding carboxylic acids is 1. The number of ether oxygens (including phenoxy) is 1. The van der Waals surface area contributed by atoms with Gasteiger partial charge in [0.15, 0.2) is 5.65 Å². The second-order valence-electron chi connectivity index (χ2n) is 5.68. The number of esters is 1. The average Bonchev–Trinajstić information content (AvgIpc) is 3.06. The maximum Gasteiger partial charge on any atom is 0.344 e. The van der Waals surface area contributed by atoms with Gasteiger partial charge < -0.3 is 4.74 Å². The van der Waals surface area contributed by atoms with Crippen LogP contribution in [0.3, 0.4) is 0 Å². The van der Waals surface area contributed by atoms with Gasteiger partial charge in [0.05, 0.1) is 21.3 Å². The zero-order chi connectivity index (χ0) is 16.0. The average molecular weight is 328 g/mol. The molecular formula is C16H16N4O2S. The number of nitrogens with zero attached hydrogens (tertiary/aromatic N) is 4. The third-order valence-corrected chi connectivity index (χ3v) is 5.14. The minimum absolute atomic E-state index is 0.212. The first kappa shape index (κ1) is 14.3. The Labute approximate surface area is 137 Å². The Balaban J connectivity index is 1.67. The van der Waals surface area contributed by atoms with Gasteiger partial charge in [0.2, 0.25) is 0 Å². The molecule has 0 unspecified atom stereocenters. The zero-order valence-electron chi connectivity index (χ0n) is 12.9. The van der Waals surface area contributed by atoms with Crippen molar-refractivity contribution in [2.75, 3.05) is 0 Å². The van der Waals surface area contributed by atoms with Gasteiger partial charge in [-0.05, 0) is 39.2 Å². The summed E-state index contributed by atoms with van der Waals surface area (Å²) in [5.74, 6) is -0.361. The quantitative estimate of drug-likeness (QED) is 0.676. The number of thiazole rings is 1. The summed E-state index contributed by atoms with van der Waals surface area (Å²) in [6.07, 6.45) is 6.00. The van der Waals surface area contributed by atoms with E-state index in [9.17, 15) is 4.79 Å². The molecule has 23 heavy (non-hydrogen) atoms. The Morgan fingerprint density at radius 3 is 3.17 bits per heavy atom. The van der Waals surface area contributed by atoms with Gasteiger partial charge in [-0.15, -0.1) is 11.3 Å². The molecule has 1 aliphatic rings. The predicted molar refractivity (Wildman–Crippen MR) is 85.7 cm³/mol. The molecular weight excluding hydrogens is 312 g/mol. The predicted octanol–water partition coefficient (Wildman–Crippen LogP) is 3.04. The first-order valence-electron chi connectivity index (χ1n) is 7.60. The van der Waals surface area contributed by atoms with Crippen molar-refractivity contribution in [2.45, 2.75) is 39.2 Å². The van der Waals surface area contributed by atoms with Crippen molar-refractivity contribution < 1.29 is 9.53 Å². The molecule has 0 aliphatic heterocycles. The van der Waals surface area contributed by atoms with Gasteiger partial charge in [-0.1, -0.05) is 0 Å². The van der Waals surface area contributed by atoms with E-state index in [1.165, 1.54) is 0 Å². The lowest BCUT2D eigenvalue weighted by atomic mass is 10.0. The van der Waals surface area contributed by atoms with Crippen LogP contribution in [0.2, 0.25) is 0 Å². The highest BCUT2D eigenvalue weighted by Gasteiger charge is 2.29. The van der Waals surface area contributed by atoms with Crippen molar-refractivity contribution in [3.05, 3.63) is 45.3 Å². The lowest BCUT2D eigenvalue weighted by molar-refractivity contribution is 0.0266. The molecule has 6 nitrogen and oxygen atoms in total. The van der Waals surface area contributed by atoms with Crippen LogP contribution in [0.25, 0.3) is 5.65 Å². The molecule has 3 heterocycles. The number of hydrogen-bond acceptors (Lipinski definition) is 6. The van der Waals surface area contributed by atoms with Gasteiger partial charge in [0.1, 0.15) is 11.7 Å². The number of fused-ring (bicyclic) bond motifs is 2. The van der Waals surface area contributed by atoms with Gasteiger partial charge >= 0.3 is 5.97 Å². The topological polar surface area (TPSA) is 69.4 Å². The van der Waals surface area contributed by atoms with Gasteiger partial charge in [0.25, 0.3) is 0 Å². The van der Waals surface area contributed by atoms with Crippen molar-refractivity contribution >= 4 is 23.0 Å². The maximum atomic E-state index is 12.7. The van der Waals surface area contributed by atoms with Crippen LogP contribution in [-0.4, -0.2) is 25.6 Å². The second kappa shape index (κ2) is 5.42. The van der Waals surface area contributed by atoms with Gasteiger partial charge in [-0.3, -0.25) is 0 Å². The van der Waals surface area contributed by atoms with E-state index in [0.29, 0.717) is 16.9 Å². The van der Waals surface area contributed by atoms with Crippen LogP contribution in [0.4, 0.5) is 0 Å². The highest BCUT2D eigenvalue weighted by atomic mass is 32.1. The summed E-state index contributed by atoms with van der Waals surface area (Å²) in [6.45, 7) is 3.79. The summed E-state index contributed by atoms with van der Waals surface area (Å²) in [4.78, 5) is 22.6. The molecule has 0 saturated carbocycles. The fourth-order valence-corrected chi connectivity index (χ4v) is 4.08. The van der Waals surface area contributed by atoms with Crippen LogP contribution < -0.4 is 0 Å². The van der Waals surface area contributed by atoms with E-state index < -0.39 is 0 Å². The third-order valence-electron chi connectivity index (χ3n) is 4.03. The molecule has 0 N–H and O–H groups in total. The van der Waals surface area contributed by atoms with Crippen molar-refractivity contribution in [2.24, 2.45) is 0 Å². The zero-order valence-corrected chi connectivity index (χ0v) is 13.8. The largest absolute Gasteiger partial charge is 0.453 e. The van der Waals surface area contributed by atoms with E-state index in [4.69, 9.17) is 4.74 Å². The fourth-order valence-electron chi connectivity index (χ4n) is 3.04. The van der Waals surface area contributed by atoms with Crippen molar-refractivity contribution in [3.63, 3.8) is 0 Å². The standard InChI is InChI=1S/C16H16N4O2S/c1-9-13(15-17-7-4-8-20(15)19-9)16(21)22-12-6-3-5-11-14(12)23-10(2)18-11/h4,7-8,12H,3,5-6H2,1-2H3/t12-/m0/s1. The Hall–Kier alpha value is -2.28. The molecule has 0 radical (unpaired) electrons. The summed E-state index contributed by atoms with van der Waals surface area (Å²) in [5, 5.41) is 5.34. The van der Waals surface area contributed by atoms with E-state index in [0.717, 1.165) is 34.8 Å². The molecule has 0 aromatic carbocycles. The molecule has 7 heteroatoms. The normalized spacial score (nSPS) is 17.2. The van der Waals surface area contributed by atoms with Crippen LogP contribution in [0.1, 0.15) is 50.6 Å². The van der Waals surface area contributed by atoms with Gasteiger partial charge in [-0.25, -0.2) is 19.3 Å². The molecule has 0 amide bonds. The number of rotatable bonds is 2.